The van der Waals surface area contributed by atoms with Crippen LogP contribution in [0, 0.1) is 0 Å². The number of aromatic nitrogens is 1. The molecule has 0 spiro atoms. The van der Waals surface area contributed by atoms with Gasteiger partial charge in [-0.05, 0) is 42.5 Å². The number of pyridine rings is 1. The molecule has 0 bridgehead atoms. The molecule has 0 aliphatic rings. The maximum atomic E-state index is 11.9. The summed E-state index contributed by atoms with van der Waals surface area (Å²) in [5, 5.41) is 2.83. The minimum atomic E-state index is -0.432. The van der Waals surface area contributed by atoms with Crippen LogP contribution >= 0.6 is 23.8 Å². The number of rotatable bonds is 2. The first-order valence-corrected chi connectivity index (χ1v) is 6.92. The second-order valence-electron chi connectivity index (χ2n) is 4.11. The summed E-state index contributed by atoms with van der Waals surface area (Å²) in [5.41, 5.74) is 5.58. The van der Waals surface area contributed by atoms with Gasteiger partial charge in [-0.3, -0.25) is 30.7 Å². The van der Waals surface area contributed by atoms with E-state index in [2.05, 4.69) is 21.2 Å². The molecule has 6 nitrogen and oxygen atoms in total. The van der Waals surface area contributed by atoms with E-state index in [-0.39, 0.29) is 5.11 Å². The number of amides is 2. The number of benzene rings is 1. The van der Waals surface area contributed by atoms with E-state index in [1.54, 1.807) is 30.3 Å². The number of halogens is 1. The van der Waals surface area contributed by atoms with Crippen molar-refractivity contribution in [3.8, 4) is 0 Å². The van der Waals surface area contributed by atoms with Gasteiger partial charge in [0.1, 0.15) is 0 Å². The normalized spacial score (nSPS) is 9.68. The number of thiocarbonyl (C=S) groups is 1. The fourth-order valence-electron chi connectivity index (χ4n) is 1.53. The van der Waals surface area contributed by atoms with Crippen molar-refractivity contribution in [2.75, 3.05) is 0 Å². The molecule has 0 saturated heterocycles. The molecule has 0 atom stereocenters. The second kappa shape index (κ2) is 7.48. The van der Waals surface area contributed by atoms with E-state index < -0.39 is 11.8 Å². The van der Waals surface area contributed by atoms with E-state index in [4.69, 9.17) is 23.8 Å². The molecular weight excluding hydrogens is 324 g/mol. The molecule has 0 aliphatic carbocycles. The van der Waals surface area contributed by atoms with Crippen LogP contribution in [-0.4, -0.2) is 21.9 Å². The molecule has 0 aliphatic heterocycles. The Hall–Kier alpha value is -2.51. The van der Waals surface area contributed by atoms with Gasteiger partial charge < -0.3 is 0 Å². The molecule has 2 amide bonds. The van der Waals surface area contributed by atoms with E-state index in [1.807, 2.05) is 0 Å². The van der Waals surface area contributed by atoms with Crippen LogP contribution in [0.25, 0.3) is 0 Å². The number of hydrazine groups is 1. The van der Waals surface area contributed by atoms with E-state index in [1.165, 1.54) is 18.5 Å². The minimum absolute atomic E-state index is 0.0348. The summed E-state index contributed by atoms with van der Waals surface area (Å²) >= 11 is 10.7. The van der Waals surface area contributed by atoms with Gasteiger partial charge in [-0.15, -0.1) is 0 Å². The van der Waals surface area contributed by atoms with Gasteiger partial charge in [0.15, 0.2) is 5.11 Å². The van der Waals surface area contributed by atoms with Gasteiger partial charge in [0.2, 0.25) is 0 Å². The molecule has 22 heavy (non-hydrogen) atoms. The lowest BCUT2D eigenvalue weighted by molar-refractivity contribution is 0.0934. The molecule has 2 aromatic rings. The van der Waals surface area contributed by atoms with Crippen molar-refractivity contribution in [3.63, 3.8) is 0 Å². The molecule has 8 heteroatoms. The Balaban J connectivity index is 1.86. The lowest BCUT2D eigenvalue weighted by Gasteiger charge is -2.10. The Labute approximate surface area is 136 Å². The van der Waals surface area contributed by atoms with Gasteiger partial charge in [0.05, 0.1) is 0 Å². The minimum Gasteiger partial charge on any atom is -0.298 e. The zero-order valence-electron chi connectivity index (χ0n) is 11.2. The third-order valence-electron chi connectivity index (χ3n) is 2.55. The number of nitrogens with zero attached hydrogens (tertiary/aromatic N) is 1. The van der Waals surface area contributed by atoms with Crippen LogP contribution in [0.4, 0.5) is 0 Å². The van der Waals surface area contributed by atoms with Gasteiger partial charge in [0, 0.05) is 28.5 Å². The number of hydrogen-bond donors (Lipinski definition) is 3. The maximum Gasteiger partial charge on any atom is 0.269 e. The monoisotopic (exact) mass is 334 g/mol. The fourth-order valence-corrected chi connectivity index (χ4v) is 1.86. The van der Waals surface area contributed by atoms with Crippen molar-refractivity contribution < 1.29 is 9.59 Å². The van der Waals surface area contributed by atoms with Crippen LogP contribution in [0.3, 0.4) is 0 Å². The first-order valence-electron chi connectivity index (χ1n) is 6.13. The van der Waals surface area contributed by atoms with E-state index in [9.17, 15) is 9.59 Å². The molecule has 1 heterocycles. The van der Waals surface area contributed by atoms with Crippen LogP contribution < -0.4 is 16.2 Å². The average molecular weight is 335 g/mol. The lowest BCUT2D eigenvalue weighted by atomic mass is 10.2. The predicted molar refractivity (Wildman–Crippen MR) is 86.4 cm³/mol. The molecule has 0 fully saturated rings. The van der Waals surface area contributed by atoms with Crippen molar-refractivity contribution in [2.45, 2.75) is 0 Å². The Bertz CT molecular complexity index is 709. The van der Waals surface area contributed by atoms with Gasteiger partial charge in [-0.1, -0.05) is 17.7 Å². The van der Waals surface area contributed by atoms with Crippen LogP contribution in [0.2, 0.25) is 5.02 Å². The fraction of sp³-hybridized carbons (Fsp3) is 0. The van der Waals surface area contributed by atoms with E-state index in [0.717, 1.165) is 0 Å². The van der Waals surface area contributed by atoms with Gasteiger partial charge in [0.25, 0.3) is 11.8 Å². The summed E-state index contributed by atoms with van der Waals surface area (Å²) < 4.78 is 0. The lowest BCUT2D eigenvalue weighted by Crippen LogP contribution is -2.48. The van der Waals surface area contributed by atoms with Crippen molar-refractivity contribution in [2.24, 2.45) is 0 Å². The SMILES string of the molecule is O=C(NNC(=S)NC(=O)c1cccc(Cl)c1)c1ccncc1. The highest BCUT2D eigenvalue weighted by Crippen LogP contribution is 2.10. The number of carbonyl (C=O) groups excluding carboxylic acids is 2. The summed E-state index contributed by atoms with van der Waals surface area (Å²) in [6.07, 6.45) is 2.99. The van der Waals surface area contributed by atoms with Crippen LogP contribution in [0.1, 0.15) is 20.7 Å². The Morgan fingerprint density at radius 2 is 1.73 bits per heavy atom. The standard InChI is InChI=1S/C14H11ClN4O2S/c15-11-3-1-2-10(8-11)12(20)17-14(22)19-18-13(21)9-4-6-16-7-5-9/h1-8H,(H,18,21)(H2,17,19,20,22). The molecule has 112 valence electrons. The third-order valence-corrected chi connectivity index (χ3v) is 2.99. The smallest absolute Gasteiger partial charge is 0.269 e. The number of carbonyl (C=O) groups is 2. The zero-order chi connectivity index (χ0) is 15.9. The maximum absolute atomic E-state index is 11.9. The molecule has 0 radical (unpaired) electrons. The molecule has 0 unspecified atom stereocenters. The molecule has 2 rings (SSSR count). The van der Waals surface area contributed by atoms with Crippen molar-refractivity contribution in [3.05, 3.63) is 64.9 Å². The Morgan fingerprint density at radius 3 is 2.41 bits per heavy atom. The van der Waals surface area contributed by atoms with E-state index >= 15 is 0 Å². The molecule has 1 aromatic heterocycles. The van der Waals surface area contributed by atoms with Gasteiger partial charge >= 0.3 is 0 Å². The molecule has 0 saturated carbocycles. The van der Waals surface area contributed by atoms with Crippen LogP contribution in [-0.2, 0) is 0 Å². The Kier molecular flexibility index (Phi) is 5.40. The Morgan fingerprint density at radius 1 is 1.00 bits per heavy atom. The summed E-state index contributed by atoms with van der Waals surface area (Å²) in [5.74, 6) is -0.833. The van der Waals surface area contributed by atoms with E-state index in [0.29, 0.717) is 16.1 Å². The summed E-state index contributed by atoms with van der Waals surface area (Å²) in [6, 6.07) is 9.51. The summed E-state index contributed by atoms with van der Waals surface area (Å²) in [7, 11) is 0. The van der Waals surface area contributed by atoms with Crippen molar-refractivity contribution >= 4 is 40.7 Å². The number of nitrogens with one attached hydrogen (secondary N) is 3. The average Bonchev–Trinajstić information content (AvgIpc) is 2.53. The predicted octanol–water partition coefficient (Wildman–Crippen LogP) is 1.68. The van der Waals surface area contributed by atoms with Gasteiger partial charge in [-0.25, -0.2) is 0 Å². The van der Waals surface area contributed by atoms with Crippen LogP contribution in [0.5, 0.6) is 0 Å². The molecule has 1 aromatic carbocycles. The molecule has 3 N–H and O–H groups in total. The highest BCUT2D eigenvalue weighted by Gasteiger charge is 2.09. The summed E-state index contributed by atoms with van der Waals surface area (Å²) in [6.45, 7) is 0. The number of hydrogen-bond acceptors (Lipinski definition) is 4. The first-order chi connectivity index (χ1) is 10.6. The largest absolute Gasteiger partial charge is 0.298 e. The topological polar surface area (TPSA) is 83.1 Å². The van der Waals surface area contributed by atoms with Crippen molar-refractivity contribution in [1.82, 2.24) is 21.2 Å². The zero-order valence-corrected chi connectivity index (χ0v) is 12.7. The third kappa shape index (κ3) is 4.51. The van der Waals surface area contributed by atoms with Gasteiger partial charge in [-0.2, -0.15) is 0 Å². The summed E-state index contributed by atoms with van der Waals surface area (Å²) in [4.78, 5) is 27.5. The molecular formula is C14H11ClN4O2S. The first kappa shape index (κ1) is 15.9. The quantitative estimate of drug-likeness (QED) is 0.575. The highest BCUT2D eigenvalue weighted by molar-refractivity contribution is 7.80. The van der Waals surface area contributed by atoms with Crippen molar-refractivity contribution in [1.29, 1.82) is 0 Å². The highest BCUT2D eigenvalue weighted by atomic mass is 35.5. The second-order valence-corrected chi connectivity index (χ2v) is 4.95. The van der Waals surface area contributed by atoms with Crippen LogP contribution in [0.15, 0.2) is 48.8 Å².